The van der Waals surface area contributed by atoms with Gasteiger partial charge in [-0.05, 0) is 38.8 Å². The van der Waals surface area contributed by atoms with Crippen LogP contribution in [0.25, 0.3) is 0 Å². The third kappa shape index (κ3) is 3.36. The van der Waals surface area contributed by atoms with Gasteiger partial charge in [0.1, 0.15) is 11.9 Å². The summed E-state index contributed by atoms with van der Waals surface area (Å²) in [6, 6.07) is 2.83. The van der Waals surface area contributed by atoms with Gasteiger partial charge < -0.3 is 19.6 Å². The highest BCUT2D eigenvalue weighted by atomic mass is 16.5. The summed E-state index contributed by atoms with van der Waals surface area (Å²) in [4.78, 5) is 31.8. The van der Waals surface area contributed by atoms with Gasteiger partial charge >= 0.3 is 5.97 Å². The molecule has 0 bridgehead atoms. The van der Waals surface area contributed by atoms with Crippen molar-refractivity contribution in [2.45, 2.75) is 44.9 Å². The monoisotopic (exact) mass is 333 g/mol. The van der Waals surface area contributed by atoms with Gasteiger partial charge in [-0.2, -0.15) is 0 Å². The summed E-state index contributed by atoms with van der Waals surface area (Å²) < 4.78 is 5.72. The second-order valence-electron chi connectivity index (χ2n) is 6.56. The van der Waals surface area contributed by atoms with Crippen molar-refractivity contribution in [3.05, 3.63) is 23.9 Å². The van der Waals surface area contributed by atoms with Crippen LogP contribution < -0.4 is 4.90 Å². The molecule has 3 heterocycles. The molecule has 0 aliphatic carbocycles. The van der Waals surface area contributed by atoms with Gasteiger partial charge in [-0.3, -0.25) is 4.79 Å². The van der Waals surface area contributed by atoms with Crippen LogP contribution in [0.5, 0.6) is 0 Å². The second-order valence-corrected chi connectivity index (χ2v) is 6.56. The van der Waals surface area contributed by atoms with Crippen LogP contribution in [-0.4, -0.2) is 64.8 Å². The van der Waals surface area contributed by atoms with E-state index in [2.05, 4.69) is 9.88 Å². The Bertz CT molecular complexity index is 609. The van der Waals surface area contributed by atoms with Gasteiger partial charge in [-0.25, -0.2) is 9.78 Å². The number of carboxylic acids is 1. The molecule has 2 saturated heterocycles. The van der Waals surface area contributed by atoms with Gasteiger partial charge in [0.25, 0.3) is 5.91 Å². The van der Waals surface area contributed by atoms with Crippen molar-refractivity contribution in [3.63, 3.8) is 0 Å². The van der Waals surface area contributed by atoms with Gasteiger partial charge in [0.15, 0.2) is 0 Å². The summed E-state index contributed by atoms with van der Waals surface area (Å²) >= 11 is 0. The lowest BCUT2D eigenvalue weighted by atomic mass is 10.2. The molecule has 24 heavy (non-hydrogen) atoms. The molecule has 0 spiro atoms. The van der Waals surface area contributed by atoms with Crippen LogP contribution in [0.15, 0.2) is 18.3 Å². The first kappa shape index (κ1) is 16.7. The minimum absolute atomic E-state index is 0.137. The molecule has 0 saturated carbocycles. The molecular weight excluding hydrogens is 310 g/mol. The Morgan fingerprint density at radius 2 is 1.96 bits per heavy atom. The SMILES string of the molecule is CC1CN(c2ccc(C(=O)N3CCC[C@H]3C(=O)O)cn2)CC(C)O1. The molecule has 3 atom stereocenters. The Hall–Kier alpha value is -2.15. The summed E-state index contributed by atoms with van der Waals surface area (Å²) in [7, 11) is 0. The average molecular weight is 333 g/mol. The fourth-order valence-electron chi connectivity index (χ4n) is 3.50. The normalized spacial score (nSPS) is 27.3. The molecule has 7 nitrogen and oxygen atoms in total. The molecule has 1 aromatic heterocycles. The number of hydrogen-bond acceptors (Lipinski definition) is 5. The molecule has 2 aliphatic rings. The molecule has 130 valence electrons. The number of likely N-dealkylation sites (tertiary alicyclic amines) is 1. The minimum atomic E-state index is -0.943. The summed E-state index contributed by atoms with van der Waals surface area (Å²) in [6.45, 7) is 6.06. The molecule has 0 aromatic carbocycles. The zero-order valence-electron chi connectivity index (χ0n) is 14.0. The van der Waals surface area contributed by atoms with E-state index in [4.69, 9.17) is 4.74 Å². The zero-order chi connectivity index (χ0) is 17.3. The maximum Gasteiger partial charge on any atom is 0.326 e. The number of rotatable bonds is 3. The van der Waals surface area contributed by atoms with Crippen LogP contribution in [0.3, 0.4) is 0 Å². The summed E-state index contributed by atoms with van der Waals surface area (Å²) in [5, 5.41) is 9.22. The number of morpholine rings is 1. The molecular formula is C17H23N3O4. The predicted molar refractivity (Wildman–Crippen MR) is 88.2 cm³/mol. The Morgan fingerprint density at radius 3 is 2.54 bits per heavy atom. The van der Waals surface area contributed by atoms with Crippen molar-refractivity contribution in [2.75, 3.05) is 24.5 Å². The van der Waals surface area contributed by atoms with Crippen molar-refractivity contribution >= 4 is 17.7 Å². The molecule has 2 fully saturated rings. The first-order valence-corrected chi connectivity index (χ1v) is 8.36. The molecule has 3 rings (SSSR count). The lowest BCUT2D eigenvalue weighted by Crippen LogP contribution is -2.45. The standard InChI is InChI=1S/C17H23N3O4/c1-11-9-19(10-12(2)24-11)15-6-5-13(8-18-15)16(21)20-7-3-4-14(20)17(22)23/h5-6,8,11-12,14H,3-4,7,9-10H2,1-2H3,(H,22,23)/t11?,12?,14-/m0/s1. The Labute approximate surface area is 141 Å². The van der Waals surface area contributed by atoms with Crippen LogP contribution in [0.4, 0.5) is 5.82 Å². The van der Waals surface area contributed by atoms with Crippen LogP contribution in [0.2, 0.25) is 0 Å². The number of pyridine rings is 1. The van der Waals surface area contributed by atoms with Crippen molar-refractivity contribution in [1.29, 1.82) is 0 Å². The van der Waals surface area contributed by atoms with Crippen molar-refractivity contribution < 1.29 is 19.4 Å². The number of anilines is 1. The highest BCUT2D eigenvalue weighted by molar-refractivity contribution is 5.96. The molecule has 1 aromatic rings. The topological polar surface area (TPSA) is 83.0 Å². The molecule has 0 radical (unpaired) electrons. The van der Waals surface area contributed by atoms with E-state index < -0.39 is 12.0 Å². The molecule has 7 heteroatoms. The maximum atomic E-state index is 12.5. The number of carboxylic acid groups (broad SMARTS) is 1. The van der Waals surface area contributed by atoms with Gasteiger partial charge in [0.2, 0.25) is 0 Å². The fourth-order valence-corrected chi connectivity index (χ4v) is 3.50. The van der Waals surface area contributed by atoms with Gasteiger partial charge in [0.05, 0.1) is 17.8 Å². The lowest BCUT2D eigenvalue weighted by molar-refractivity contribution is -0.141. The van der Waals surface area contributed by atoms with Crippen LogP contribution in [0.1, 0.15) is 37.0 Å². The van der Waals surface area contributed by atoms with E-state index in [0.717, 1.165) is 25.3 Å². The van der Waals surface area contributed by atoms with Gasteiger partial charge in [0, 0.05) is 25.8 Å². The Balaban J connectivity index is 1.72. The number of aromatic nitrogens is 1. The highest BCUT2D eigenvalue weighted by Gasteiger charge is 2.34. The maximum absolute atomic E-state index is 12.5. The smallest absolute Gasteiger partial charge is 0.326 e. The summed E-state index contributed by atoms with van der Waals surface area (Å²) in [6.07, 6.45) is 3.05. The molecule has 2 unspecified atom stereocenters. The zero-order valence-corrected chi connectivity index (χ0v) is 14.0. The van der Waals surface area contributed by atoms with Crippen LogP contribution in [0, 0.1) is 0 Å². The van der Waals surface area contributed by atoms with E-state index in [9.17, 15) is 14.7 Å². The van der Waals surface area contributed by atoms with E-state index in [-0.39, 0.29) is 18.1 Å². The highest BCUT2D eigenvalue weighted by Crippen LogP contribution is 2.22. The van der Waals surface area contributed by atoms with Crippen molar-refractivity contribution in [1.82, 2.24) is 9.88 Å². The van der Waals surface area contributed by atoms with Gasteiger partial charge in [-0.1, -0.05) is 0 Å². The third-order valence-electron chi connectivity index (χ3n) is 4.54. The summed E-state index contributed by atoms with van der Waals surface area (Å²) in [5.74, 6) is -0.394. The largest absolute Gasteiger partial charge is 0.480 e. The first-order chi connectivity index (χ1) is 11.5. The van der Waals surface area contributed by atoms with Crippen molar-refractivity contribution in [2.24, 2.45) is 0 Å². The number of aliphatic carboxylic acids is 1. The Morgan fingerprint density at radius 1 is 1.25 bits per heavy atom. The number of amides is 1. The van der Waals surface area contributed by atoms with E-state index in [1.54, 1.807) is 12.3 Å². The lowest BCUT2D eigenvalue weighted by Gasteiger charge is -2.36. The quantitative estimate of drug-likeness (QED) is 0.900. The van der Waals surface area contributed by atoms with Gasteiger partial charge in [-0.15, -0.1) is 0 Å². The summed E-state index contributed by atoms with van der Waals surface area (Å²) in [5.41, 5.74) is 0.432. The first-order valence-electron chi connectivity index (χ1n) is 8.36. The second kappa shape index (κ2) is 6.76. The number of carbonyl (C=O) groups excluding carboxylic acids is 1. The third-order valence-corrected chi connectivity index (χ3v) is 4.54. The average Bonchev–Trinajstić information content (AvgIpc) is 3.03. The predicted octanol–water partition coefficient (Wildman–Crippen LogP) is 1.38. The van der Waals surface area contributed by atoms with E-state index in [1.165, 1.54) is 4.90 Å². The molecule has 1 amide bonds. The Kier molecular flexibility index (Phi) is 4.71. The van der Waals surface area contributed by atoms with Crippen molar-refractivity contribution in [3.8, 4) is 0 Å². The molecule has 1 N–H and O–H groups in total. The van der Waals surface area contributed by atoms with Crippen LogP contribution in [-0.2, 0) is 9.53 Å². The fraction of sp³-hybridized carbons (Fsp3) is 0.588. The van der Waals surface area contributed by atoms with E-state index in [0.29, 0.717) is 18.5 Å². The minimum Gasteiger partial charge on any atom is -0.480 e. The van der Waals surface area contributed by atoms with E-state index in [1.807, 2.05) is 19.9 Å². The number of hydrogen-bond donors (Lipinski definition) is 1. The van der Waals surface area contributed by atoms with Crippen LogP contribution >= 0.6 is 0 Å². The number of carbonyl (C=O) groups is 2. The number of nitrogens with zero attached hydrogens (tertiary/aromatic N) is 3. The number of ether oxygens (including phenoxy) is 1. The van der Waals surface area contributed by atoms with E-state index >= 15 is 0 Å². The molecule has 2 aliphatic heterocycles.